The molecule has 1 aliphatic carbocycles. The Morgan fingerprint density at radius 3 is 2.81 bits per heavy atom. The van der Waals surface area contributed by atoms with E-state index in [1.807, 2.05) is 0 Å². The minimum Gasteiger partial charge on any atom is -0.454 e. The van der Waals surface area contributed by atoms with Gasteiger partial charge in [0.05, 0.1) is 11.1 Å². The van der Waals surface area contributed by atoms with Crippen molar-refractivity contribution in [1.29, 1.82) is 5.26 Å². The molecular formula is C19H19ClN2O5. The van der Waals surface area contributed by atoms with E-state index in [1.54, 1.807) is 12.1 Å². The van der Waals surface area contributed by atoms with Crippen molar-refractivity contribution in [3.63, 3.8) is 0 Å². The van der Waals surface area contributed by atoms with Crippen molar-refractivity contribution in [2.75, 3.05) is 13.4 Å². The quantitative estimate of drug-likeness (QED) is 0.613. The van der Waals surface area contributed by atoms with Crippen LogP contribution in [0.1, 0.15) is 37.7 Å². The number of amides is 1. The summed E-state index contributed by atoms with van der Waals surface area (Å²) in [5.41, 5.74) is -0.211. The fourth-order valence-corrected chi connectivity index (χ4v) is 3.43. The monoisotopic (exact) mass is 390 g/mol. The first-order chi connectivity index (χ1) is 13.0. The molecule has 7 nitrogen and oxygen atoms in total. The average Bonchev–Trinajstić information content (AvgIpc) is 3.15. The van der Waals surface area contributed by atoms with Crippen molar-refractivity contribution in [2.24, 2.45) is 0 Å². The highest BCUT2D eigenvalue weighted by Crippen LogP contribution is 2.40. The third-order valence-electron chi connectivity index (χ3n) is 4.51. The van der Waals surface area contributed by atoms with Crippen molar-refractivity contribution >= 4 is 29.6 Å². The van der Waals surface area contributed by atoms with Gasteiger partial charge in [-0.3, -0.25) is 4.79 Å². The Morgan fingerprint density at radius 1 is 1.30 bits per heavy atom. The second kappa shape index (κ2) is 8.31. The number of nitrogens with zero attached hydrogens (tertiary/aromatic N) is 1. The van der Waals surface area contributed by atoms with E-state index < -0.39 is 24.0 Å². The lowest BCUT2D eigenvalue weighted by Gasteiger charge is -2.31. The number of carbonyl (C=O) groups excluding carboxylic acids is 2. The summed E-state index contributed by atoms with van der Waals surface area (Å²) in [5.74, 6) is -0.175. The van der Waals surface area contributed by atoms with Gasteiger partial charge in [0.25, 0.3) is 5.91 Å². The predicted octanol–water partition coefficient (Wildman–Crippen LogP) is 2.97. The Morgan fingerprint density at radius 2 is 2.07 bits per heavy atom. The number of hydrogen-bond acceptors (Lipinski definition) is 6. The number of nitriles is 1. The number of halogens is 1. The lowest BCUT2D eigenvalue weighted by atomic mass is 9.83. The Bertz CT molecular complexity index is 809. The van der Waals surface area contributed by atoms with Crippen LogP contribution in [0.3, 0.4) is 0 Å². The topological polar surface area (TPSA) is 97.7 Å². The molecule has 1 aromatic rings. The van der Waals surface area contributed by atoms with Crippen LogP contribution < -0.4 is 14.8 Å². The Labute approximate surface area is 161 Å². The maximum Gasteiger partial charge on any atom is 0.331 e. The number of nitrogens with one attached hydrogen (secondary N) is 1. The van der Waals surface area contributed by atoms with Gasteiger partial charge < -0.3 is 19.5 Å². The first-order valence-corrected chi connectivity index (χ1v) is 9.05. The van der Waals surface area contributed by atoms with Crippen LogP contribution in [0.4, 0.5) is 0 Å². The van der Waals surface area contributed by atoms with Gasteiger partial charge >= 0.3 is 5.97 Å². The molecule has 1 saturated carbocycles. The molecule has 1 aromatic carbocycles. The molecule has 1 fully saturated rings. The van der Waals surface area contributed by atoms with Gasteiger partial charge in [0.1, 0.15) is 5.54 Å². The van der Waals surface area contributed by atoms with E-state index in [9.17, 15) is 14.9 Å². The number of rotatable bonds is 5. The van der Waals surface area contributed by atoms with E-state index in [1.165, 1.54) is 12.2 Å². The number of fused-ring (bicyclic) bond motifs is 1. The van der Waals surface area contributed by atoms with Crippen LogP contribution >= 0.6 is 11.6 Å². The van der Waals surface area contributed by atoms with Crippen LogP contribution in [0.2, 0.25) is 5.02 Å². The van der Waals surface area contributed by atoms with E-state index in [4.69, 9.17) is 25.8 Å². The third-order valence-corrected chi connectivity index (χ3v) is 4.79. The zero-order valence-electron chi connectivity index (χ0n) is 14.6. The molecule has 0 atom stereocenters. The van der Waals surface area contributed by atoms with Gasteiger partial charge in [0.15, 0.2) is 18.1 Å². The lowest BCUT2D eigenvalue weighted by molar-refractivity contribution is -0.144. The van der Waals surface area contributed by atoms with Gasteiger partial charge in [-0.1, -0.05) is 30.9 Å². The van der Waals surface area contributed by atoms with E-state index in [2.05, 4.69) is 11.4 Å². The first-order valence-electron chi connectivity index (χ1n) is 8.68. The molecule has 1 N–H and O–H groups in total. The fraction of sp³-hybridized carbons (Fsp3) is 0.421. The van der Waals surface area contributed by atoms with Crippen LogP contribution in [0.15, 0.2) is 18.2 Å². The molecule has 142 valence electrons. The van der Waals surface area contributed by atoms with Crippen molar-refractivity contribution in [1.82, 2.24) is 5.32 Å². The Kier molecular flexibility index (Phi) is 5.87. The number of hydrogen-bond donors (Lipinski definition) is 1. The van der Waals surface area contributed by atoms with Crippen molar-refractivity contribution in [3.05, 3.63) is 28.8 Å². The molecule has 3 rings (SSSR count). The molecule has 0 aromatic heterocycles. The summed E-state index contributed by atoms with van der Waals surface area (Å²) in [6, 6.07) is 5.50. The van der Waals surface area contributed by atoms with Crippen molar-refractivity contribution in [3.8, 4) is 17.6 Å². The van der Waals surface area contributed by atoms with E-state index in [-0.39, 0.29) is 6.79 Å². The minimum absolute atomic E-state index is 0.101. The van der Waals surface area contributed by atoms with Crippen LogP contribution in [0.5, 0.6) is 11.5 Å². The summed E-state index contributed by atoms with van der Waals surface area (Å²) in [5, 5.41) is 12.4. The van der Waals surface area contributed by atoms with Gasteiger partial charge in [-0.05, 0) is 36.6 Å². The molecule has 0 radical (unpaired) electrons. The zero-order valence-corrected chi connectivity index (χ0v) is 15.4. The van der Waals surface area contributed by atoms with Gasteiger partial charge in [-0.15, -0.1) is 0 Å². The molecule has 0 unspecified atom stereocenters. The molecule has 27 heavy (non-hydrogen) atoms. The lowest BCUT2D eigenvalue weighted by Crippen LogP contribution is -2.49. The van der Waals surface area contributed by atoms with E-state index in [0.717, 1.165) is 19.3 Å². The molecular weight excluding hydrogens is 372 g/mol. The molecule has 1 aliphatic heterocycles. The SMILES string of the molecule is N#CC1(NC(=O)COC(=O)/C=C/c2cc(Cl)c3c(c2)OCO3)CCCCC1. The summed E-state index contributed by atoms with van der Waals surface area (Å²) >= 11 is 6.08. The standard InChI is InChI=1S/C19H19ClN2O5/c20-14-8-13(9-15-18(14)27-12-26-15)4-5-17(24)25-10-16(23)22-19(11-21)6-2-1-3-7-19/h4-5,8-9H,1-3,6-7,10,12H2,(H,22,23)/b5-4+. The Balaban J connectivity index is 1.51. The van der Waals surface area contributed by atoms with Crippen molar-refractivity contribution in [2.45, 2.75) is 37.6 Å². The summed E-state index contributed by atoms with van der Waals surface area (Å²) in [6.07, 6.45) is 6.79. The number of carbonyl (C=O) groups is 2. The molecule has 2 aliphatic rings. The van der Waals surface area contributed by atoms with E-state index in [0.29, 0.717) is 34.9 Å². The van der Waals surface area contributed by atoms with Crippen LogP contribution in [-0.4, -0.2) is 30.8 Å². The maximum absolute atomic E-state index is 12.0. The fourth-order valence-electron chi connectivity index (χ4n) is 3.16. The molecule has 0 saturated heterocycles. The molecule has 0 spiro atoms. The molecule has 1 amide bonds. The first kappa shape index (κ1) is 19.1. The van der Waals surface area contributed by atoms with Gasteiger partial charge in [0.2, 0.25) is 6.79 Å². The second-order valence-electron chi connectivity index (χ2n) is 6.48. The molecule has 1 heterocycles. The highest BCUT2D eigenvalue weighted by atomic mass is 35.5. The van der Waals surface area contributed by atoms with Gasteiger partial charge in [-0.2, -0.15) is 5.26 Å². The largest absolute Gasteiger partial charge is 0.454 e. The second-order valence-corrected chi connectivity index (χ2v) is 6.89. The summed E-state index contributed by atoms with van der Waals surface area (Å²) in [4.78, 5) is 23.9. The summed E-state index contributed by atoms with van der Waals surface area (Å²) < 4.78 is 15.4. The predicted molar refractivity (Wildman–Crippen MR) is 97.1 cm³/mol. The third kappa shape index (κ3) is 4.72. The van der Waals surface area contributed by atoms with Gasteiger partial charge in [-0.25, -0.2) is 4.79 Å². The highest BCUT2D eigenvalue weighted by molar-refractivity contribution is 6.32. The summed E-state index contributed by atoms with van der Waals surface area (Å²) in [6.45, 7) is -0.335. The van der Waals surface area contributed by atoms with Crippen LogP contribution in [-0.2, 0) is 14.3 Å². The number of esters is 1. The minimum atomic E-state index is -0.846. The smallest absolute Gasteiger partial charge is 0.331 e. The maximum atomic E-state index is 12.0. The Hall–Kier alpha value is -2.72. The molecule has 0 bridgehead atoms. The summed E-state index contributed by atoms with van der Waals surface area (Å²) in [7, 11) is 0. The molecule has 8 heteroatoms. The van der Waals surface area contributed by atoms with Crippen LogP contribution in [0.25, 0.3) is 6.08 Å². The number of benzene rings is 1. The van der Waals surface area contributed by atoms with Gasteiger partial charge in [0, 0.05) is 6.08 Å². The van der Waals surface area contributed by atoms with Crippen LogP contribution in [0, 0.1) is 11.3 Å². The average molecular weight is 391 g/mol. The normalized spacial score (nSPS) is 17.3. The number of ether oxygens (including phenoxy) is 3. The van der Waals surface area contributed by atoms with E-state index >= 15 is 0 Å². The van der Waals surface area contributed by atoms with Crippen molar-refractivity contribution < 1.29 is 23.8 Å². The highest BCUT2D eigenvalue weighted by Gasteiger charge is 2.33. The zero-order chi connectivity index (χ0) is 19.3.